The number of nitrogens with zero attached hydrogens (tertiary/aromatic N) is 1. The van der Waals surface area contributed by atoms with Crippen LogP contribution in [-0.4, -0.2) is 36.4 Å². The van der Waals surface area contributed by atoms with E-state index in [2.05, 4.69) is 12.4 Å². The van der Waals surface area contributed by atoms with Crippen LogP contribution in [0.4, 0.5) is 4.79 Å². The molecule has 0 spiro atoms. The maximum atomic E-state index is 10.6. The fraction of sp³-hybridized carbons (Fsp3) is 0.923. The molecule has 0 radical (unpaired) electrons. The minimum atomic E-state index is -0.327. The lowest BCUT2D eigenvalue weighted by Crippen LogP contribution is -2.30. The minimum absolute atomic E-state index is 0. The van der Waals surface area contributed by atoms with Gasteiger partial charge in [-0.05, 0) is 44.3 Å². The van der Waals surface area contributed by atoms with Crippen molar-refractivity contribution in [3.63, 3.8) is 0 Å². The Morgan fingerprint density at radius 2 is 1.56 bits per heavy atom. The highest BCUT2D eigenvalue weighted by Crippen LogP contribution is 2.22. The van der Waals surface area contributed by atoms with Crippen LogP contribution in [0.2, 0.25) is 0 Å². The summed E-state index contributed by atoms with van der Waals surface area (Å²) in [5.74, 6) is 0. The van der Waals surface area contributed by atoms with E-state index in [1.165, 1.54) is 38.5 Å². The van der Waals surface area contributed by atoms with Gasteiger partial charge in [-0.3, -0.25) is 4.79 Å². The number of hydrogen-bond acceptors (Lipinski definition) is 2. The molecule has 2 fully saturated rings. The molecule has 0 aromatic carbocycles. The van der Waals surface area contributed by atoms with Gasteiger partial charge in [0.25, 0.3) is 0 Å². The molecule has 3 nitrogen and oxygen atoms in total. The molecule has 1 N–H and O–H groups in total. The normalized spacial score (nSPS) is 19.9. The van der Waals surface area contributed by atoms with E-state index in [-0.39, 0.29) is 17.8 Å². The summed E-state index contributed by atoms with van der Waals surface area (Å²) in [4.78, 5) is 12.3. The molecule has 0 atom stereocenters. The quantitative estimate of drug-likeness (QED) is 0.621. The summed E-state index contributed by atoms with van der Waals surface area (Å²) in [6, 6.07) is 1.25. The predicted octanol–water partition coefficient (Wildman–Crippen LogP) is 3.79. The van der Waals surface area contributed by atoms with Crippen molar-refractivity contribution in [3.05, 3.63) is 0 Å². The maximum absolute atomic E-state index is 10.6. The first kappa shape index (κ1) is 18.0. The Morgan fingerprint density at radius 1 is 1.11 bits per heavy atom. The minimum Gasteiger partial charge on any atom is -0.329 e. The van der Waals surface area contributed by atoms with Crippen LogP contribution in [0.3, 0.4) is 0 Å². The fourth-order valence-electron chi connectivity index (χ4n) is 2.65. The number of nitrogens with one attached hydrogen (secondary N) is 1. The van der Waals surface area contributed by atoms with E-state index in [4.69, 9.17) is 11.6 Å². The standard InChI is InChI=1S/C7H12ClNO.C6H13N.ClH/c1-9(7(8)10)6-4-2-3-5-6;1-7-6-4-2-3-5-6;/h6H,2-5H2,1H3;6-7H,2-5H2,1H3;1H. The first-order chi connectivity index (χ1) is 8.15. The smallest absolute Gasteiger partial charge is 0.316 e. The molecular weight excluding hydrogens is 271 g/mol. The second kappa shape index (κ2) is 9.88. The van der Waals surface area contributed by atoms with Gasteiger partial charge in [0.05, 0.1) is 0 Å². The summed E-state index contributed by atoms with van der Waals surface area (Å²) in [7, 11) is 3.82. The van der Waals surface area contributed by atoms with E-state index < -0.39 is 0 Å². The Bertz CT molecular complexity index is 227. The third kappa shape index (κ3) is 6.26. The van der Waals surface area contributed by atoms with E-state index in [1.54, 1.807) is 11.9 Å². The molecule has 0 saturated heterocycles. The highest BCUT2D eigenvalue weighted by atomic mass is 35.5. The molecule has 108 valence electrons. The van der Waals surface area contributed by atoms with Crippen LogP contribution >= 0.6 is 24.0 Å². The van der Waals surface area contributed by atoms with Crippen molar-refractivity contribution in [2.45, 2.75) is 63.5 Å². The Kier molecular flexibility index (Phi) is 9.88. The van der Waals surface area contributed by atoms with Crippen molar-refractivity contribution in [3.8, 4) is 0 Å². The molecule has 0 bridgehead atoms. The van der Waals surface area contributed by atoms with Gasteiger partial charge >= 0.3 is 5.37 Å². The largest absolute Gasteiger partial charge is 0.329 e. The molecule has 2 saturated carbocycles. The topological polar surface area (TPSA) is 32.3 Å². The number of amides is 1. The molecule has 0 aromatic heterocycles. The van der Waals surface area contributed by atoms with Crippen molar-refractivity contribution >= 4 is 29.4 Å². The zero-order valence-corrected chi connectivity index (χ0v) is 13.0. The number of carbonyl (C=O) groups excluding carboxylic acids is 1. The lowest BCUT2D eigenvalue weighted by Gasteiger charge is -2.20. The first-order valence-corrected chi connectivity index (χ1v) is 7.12. The van der Waals surface area contributed by atoms with Gasteiger partial charge in [-0.15, -0.1) is 12.4 Å². The molecule has 2 aliphatic carbocycles. The molecule has 0 heterocycles. The third-order valence-corrected chi connectivity index (χ3v) is 4.18. The SMILES string of the molecule is CN(C(=O)Cl)C1CCCC1.CNC1CCCC1.Cl. The summed E-state index contributed by atoms with van der Waals surface area (Å²) in [5.41, 5.74) is 0. The van der Waals surface area contributed by atoms with Gasteiger partial charge in [-0.25, -0.2) is 0 Å². The second-order valence-corrected chi connectivity index (χ2v) is 5.40. The Hall–Kier alpha value is 0.01000. The van der Waals surface area contributed by atoms with Gasteiger partial charge < -0.3 is 10.2 Å². The predicted molar refractivity (Wildman–Crippen MR) is 79.8 cm³/mol. The molecule has 0 unspecified atom stereocenters. The third-order valence-electron chi connectivity index (χ3n) is 3.91. The van der Waals surface area contributed by atoms with Crippen LogP contribution in [0.25, 0.3) is 0 Å². The Morgan fingerprint density at radius 3 is 1.89 bits per heavy atom. The van der Waals surface area contributed by atoms with E-state index >= 15 is 0 Å². The average molecular weight is 297 g/mol. The number of rotatable bonds is 2. The summed E-state index contributed by atoms with van der Waals surface area (Å²) in [6.45, 7) is 0. The molecule has 1 amide bonds. The first-order valence-electron chi connectivity index (χ1n) is 6.74. The second-order valence-electron chi connectivity index (χ2n) is 5.07. The fourth-order valence-corrected chi connectivity index (χ4v) is 2.79. The zero-order valence-electron chi connectivity index (χ0n) is 11.5. The van der Waals surface area contributed by atoms with Crippen molar-refractivity contribution < 1.29 is 4.79 Å². The van der Waals surface area contributed by atoms with Crippen molar-refractivity contribution in [1.29, 1.82) is 0 Å². The number of hydrogen-bond donors (Lipinski definition) is 1. The van der Waals surface area contributed by atoms with Gasteiger partial charge in [-0.2, -0.15) is 0 Å². The summed E-state index contributed by atoms with van der Waals surface area (Å²) < 4.78 is 0. The van der Waals surface area contributed by atoms with Gasteiger partial charge in [0.1, 0.15) is 0 Å². The Labute approximate surface area is 122 Å². The monoisotopic (exact) mass is 296 g/mol. The lowest BCUT2D eigenvalue weighted by molar-refractivity contribution is 0.215. The van der Waals surface area contributed by atoms with Crippen LogP contribution in [0, 0.1) is 0 Å². The molecule has 0 aromatic rings. The van der Waals surface area contributed by atoms with Gasteiger partial charge in [0, 0.05) is 19.1 Å². The van der Waals surface area contributed by atoms with Crippen molar-refractivity contribution in [1.82, 2.24) is 10.2 Å². The molecule has 2 aliphatic rings. The van der Waals surface area contributed by atoms with Crippen LogP contribution < -0.4 is 5.32 Å². The summed E-state index contributed by atoms with van der Waals surface area (Å²) >= 11 is 5.30. The van der Waals surface area contributed by atoms with Crippen molar-refractivity contribution in [2.24, 2.45) is 0 Å². The highest BCUT2D eigenvalue weighted by molar-refractivity contribution is 6.62. The number of carbonyl (C=O) groups is 1. The summed E-state index contributed by atoms with van der Waals surface area (Å²) in [6.07, 6.45) is 10.4. The van der Waals surface area contributed by atoms with Crippen LogP contribution in [-0.2, 0) is 0 Å². The highest BCUT2D eigenvalue weighted by Gasteiger charge is 2.21. The maximum Gasteiger partial charge on any atom is 0.316 e. The van der Waals surface area contributed by atoms with E-state index in [0.717, 1.165) is 18.9 Å². The molecule has 18 heavy (non-hydrogen) atoms. The Balaban J connectivity index is 0.000000321. The van der Waals surface area contributed by atoms with Crippen molar-refractivity contribution in [2.75, 3.05) is 14.1 Å². The molecule has 0 aliphatic heterocycles. The van der Waals surface area contributed by atoms with Crippen LogP contribution in [0.5, 0.6) is 0 Å². The average Bonchev–Trinajstić information content (AvgIpc) is 3.01. The lowest BCUT2D eigenvalue weighted by atomic mass is 10.2. The van der Waals surface area contributed by atoms with Gasteiger partial charge in [0.15, 0.2) is 0 Å². The number of halogens is 2. The van der Waals surface area contributed by atoms with Gasteiger partial charge in [0.2, 0.25) is 0 Å². The molecular formula is C13H26Cl2N2O. The summed E-state index contributed by atoms with van der Waals surface area (Å²) in [5, 5.41) is 2.94. The van der Waals surface area contributed by atoms with Gasteiger partial charge in [-0.1, -0.05) is 25.7 Å². The molecule has 5 heteroatoms. The van der Waals surface area contributed by atoms with E-state index in [1.807, 2.05) is 0 Å². The van der Waals surface area contributed by atoms with E-state index in [9.17, 15) is 4.79 Å². The van der Waals surface area contributed by atoms with E-state index in [0.29, 0.717) is 6.04 Å². The van der Waals surface area contributed by atoms with Crippen LogP contribution in [0.1, 0.15) is 51.4 Å². The molecule has 2 rings (SSSR count). The van der Waals surface area contributed by atoms with Crippen LogP contribution in [0.15, 0.2) is 0 Å². The zero-order chi connectivity index (χ0) is 12.7.